The molecule has 13 nitrogen and oxygen atoms in total. The Balaban J connectivity index is 1.17. The number of ether oxygens (including phenoxy) is 5. The van der Waals surface area contributed by atoms with Crippen LogP contribution in [0, 0.1) is 11.8 Å². The van der Waals surface area contributed by atoms with Gasteiger partial charge < -0.3 is 39.0 Å². The van der Waals surface area contributed by atoms with Crippen molar-refractivity contribution >= 4 is 35.8 Å². The molecule has 0 spiro atoms. The highest BCUT2D eigenvalue weighted by Crippen LogP contribution is 2.59. The molecule has 2 saturated heterocycles. The van der Waals surface area contributed by atoms with Gasteiger partial charge >= 0.3 is 24.1 Å². The van der Waals surface area contributed by atoms with Gasteiger partial charge in [-0.15, -0.1) is 0 Å². The maximum absolute atomic E-state index is 14.3. The normalized spacial score (nSPS) is 25.3. The summed E-state index contributed by atoms with van der Waals surface area (Å²) in [5.41, 5.74) is -0.198. The summed E-state index contributed by atoms with van der Waals surface area (Å²) >= 11 is 0. The monoisotopic (exact) mass is 790 g/mol. The Morgan fingerprint density at radius 1 is 1.04 bits per heavy atom. The third-order valence-corrected chi connectivity index (χ3v) is 10.4. The predicted molar refractivity (Wildman–Crippen MR) is 191 cm³/mol. The zero-order chi connectivity index (χ0) is 40.4. The van der Waals surface area contributed by atoms with E-state index >= 15 is 0 Å². The highest BCUT2D eigenvalue weighted by atomic mass is 19.4. The molecule has 5 aliphatic rings. The fraction of sp³-hybridized carbons (Fsp3) is 0.625. The van der Waals surface area contributed by atoms with E-state index in [-0.39, 0.29) is 54.3 Å². The minimum atomic E-state index is -4.70. The van der Waals surface area contributed by atoms with Crippen molar-refractivity contribution in [2.75, 3.05) is 19.8 Å². The number of nitrogens with one attached hydrogen (secondary N) is 1. The van der Waals surface area contributed by atoms with Crippen molar-refractivity contribution in [2.45, 2.75) is 127 Å². The fourth-order valence-corrected chi connectivity index (χ4v) is 7.61. The SMILES string of the molecule is CC(C)(C)OC(=O)CCC(CO)NC(=O)C1CCCN1C(=O)C1=CC2OC(C3CC3)(C3CC3)OC2C(OC(=O)c2ccccc2C=CC(=O)OCC(F)(F)F)C1. The van der Waals surface area contributed by atoms with Crippen LogP contribution in [0.25, 0.3) is 6.08 Å². The van der Waals surface area contributed by atoms with Gasteiger partial charge in [-0.25, -0.2) is 9.59 Å². The minimum Gasteiger partial charge on any atom is -0.460 e. The standard InChI is InChI=1S/C40H49F3N2O11/c1-38(2,3)55-33(48)17-15-27(21-46)44-35(49)29-9-6-18-45(29)36(50)24-19-30(34-31(20-24)54-40(56-34,25-11-12-25)26-13-14-26)53-37(51)28-8-5-4-7-23(28)10-16-32(47)52-22-39(41,42)43/h4-5,7-8,10,16,20,25-27,29-31,34,46H,6,9,11-15,17-19,21-22H2,1-3H3,(H,44,49). The molecule has 2 N–H and O–H groups in total. The Labute approximate surface area is 322 Å². The number of nitrogens with zero attached hydrogens (tertiary/aromatic N) is 1. The van der Waals surface area contributed by atoms with Gasteiger partial charge in [0.2, 0.25) is 11.8 Å². The zero-order valence-electron chi connectivity index (χ0n) is 31.7. The number of halogens is 3. The number of carbonyl (C=O) groups excluding carboxylic acids is 5. The van der Waals surface area contributed by atoms with E-state index in [1.54, 1.807) is 39.0 Å². The van der Waals surface area contributed by atoms with Gasteiger partial charge in [-0.3, -0.25) is 14.4 Å². The van der Waals surface area contributed by atoms with Gasteiger partial charge in [0.05, 0.1) is 18.2 Å². The van der Waals surface area contributed by atoms with E-state index in [1.165, 1.54) is 17.0 Å². The van der Waals surface area contributed by atoms with Gasteiger partial charge in [0, 0.05) is 42.9 Å². The van der Waals surface area contributed by atoms with Gasteiger partial charge in [0.25, 0.3) is 0 Å². The van der Waals surface area contributed by atoms with Crippen LogP contribution >= 0.6 is 0 Å². The van der Waals surface area contributed by atoms with Crippen molar-refractivity contribution in [1.82, 2.24) is 10.2 Å². The van der Waals surface area contributed by atoms with Crippen molar-refractivity contribution in [3.05, 3.63) is 53.1 Å². The van der Waals surface area contributed by atoms with Crippen LogP contribution < -0.4 is 5.32 Å². The second-order valence-electron chi connectivity index (χ2n) is 16.1. The topological polar surface area (TPSA) is 167 Å². The molecule has 16 heteroatoms. The number of fused-ring (bicyclic) bond motifs is 1. The predicted octanol–water partition coefficient (Wildman–Crippen LogP) is 4.55. The van der Waals surface area contributed by atoms with Crippen LogP contribution in [0.5, 0.6) is 0 Å². The number of hydrogen-bond donors (Lipinski definition) is 2. The molecule has 4 fully saturated rings. The molecule has 306 valence electrons. The minimum absolute atomic E-state index is 0.0160. The number of alkyl halides is 3. The molecule has 0 radical (unpaired) electrons. The molecule has 56 heavy (non-hydrogen) atoms. The number of benzene rings is 1. The van der Waals surface area contributed by atoms with Crippen LogP contribution in [-0.2, 0) is 42.9 Å². The summed E-state index contributed by atoms with van der Waals surface area (Å²) < 4.78 is 66.6. The lowest BCUT2D eigenvalue weighted by Gasteiger charge is -2.33. The highest BCUT2D eigenvalue weighted by molar-refractivity contribution is 5.98. The van der Waals surface area contributed by atoms with E-state index in [2.05, 4.69) is 10.1 Å². The maximum Gasteiger partial charge on any atom is 0.422 e. The third-order valence-electron chi connectivity index (χ3n) is 10.4. The van der Waals surface area contributed by atoms with Crippen LogP contribution in [0.4, 0.5) is 13.2 Å². The maximum atomic E-state index is 14.3. The second kappa shape index (κ2) is 16.7. The molecular weight excluding hydrogens is 741 g/mol. The van der Waals surface area contributed by atoms with E-state index in [4.69, 9.17) is 18.9 Å². The molecule has 5 unspecified atom stereocenters. The molecule has 5 atom stereocenters. The average molecular weight is 791 g/mol. The number of likely N-dealkylation sites (tertiary alicyclic amines) is 1. The molecule has 2 saturated carbocycles. The first-order valence-corrected chi connectivity index (χ1v) is 19.2. The molecule has 6 rings (SSSR count). The number of hydrogen-bond acceptors (Lipinski definition) is 11. The third kappa shape index (κ3) is 10.2. The first-order valence-electron chi connectivity index (χ1n) is 19.2. The van der Waals surface area contributed by atoms with E-state index in [1.807, 2.05) is 0 Å². The number of aliphatic hydroxyl groups excluding tert-OH is 1. The van der Waals surface area contributed by atoms with Crippen LogP contribution in [0.3, 0.4) is 0 Å². The molecule has 3 aliphatic carbocycles. The van der Waals surface area contributed by atoms with Crippen LogP contribution in [0.15, 0.2) is 42.0 Å². The smallest absolute Gasteiger partial charge is 0.422 e. The van der Waals surface area contributed by atoms with E-state index in [0.717, 1.165) is 37.8 Å². The Morgan fingerprint density at radius 2 is 1.73 bits per heavy atom. The van der Waals surface area contributed by atoms with Crippen molar-refractivity contribution in [2.24, 2.45) is 11.8 Å². The van der Waals surface area contributed by atoms with Gasteiger partial charge in [-0.05, 0) is 89.5 Å². The molecular formula is C40H49F3N2O11. The lowest BCUT2D eigenvalue weighted by Crippen LogP contribution is -2.51. The Hall–Kier alpha value is -4.28. The summed E-state index contributed by atoms with van der Waals surface area (Å²) in [6, 6.07) is 4.48. The van der Waals surface area contributed by atoms with Gasteiger partial charge in [-0.1, -0.05) is 18.2 Å². The molecule has 0 bridgehead atoms. The van der Waals surface area contributed by atoms with E-state index in [0.29, 0.717) is 12.8 Å². The van der Waals surface area contributed by atoms with Crippen molar-refractivity contribution in [3.8, 4) is 0 Å². The number of amides is 2. The molecule has 0 aromatic heterocycles. The fourth-order valence-electron chi connectivity index (χ4n) is 7.61. The number of aliphatic hydroxyl groups is 1. The Kier molecular flexibility index (Phi) is 12.3. The lowest BCUT2D eigenvalue weighted by atomic mass is 9.91. The van der Waals surface area contributed by atoms with Crippen molar-refractivity contribution < 1.29 is 65.9 Å². The van der Waals surface area contributed by atoms with Crippen LogP contribution in [-0.4, -0.2) is 107 Å². The summed E-state index contributed by atoms with van der Waals surface area (Å²) in [5.74, 6) is -3.98. The summed E-state index contributed by atoms with van der Waals surface area (Å²) in [7, 11) is 0. The molecule has 1 aromatic carbocycles. The molecule has 2 heterocycles. The van der Waals surface area contributed by atoms with E-state index in [9.17, 15) is 42.3 Å². The average Bonchev–Trinajstić information content (AvgIpc) is 4.08. The zero-order valence-corrected chi connectivity index (χ0v) is 31.7. The lowest BCUT2D eigenvalue weighted by molar-refractivity contribution is -0.209. The number of rotatable bonds is 14. The van der Waals surface area contributed by atoms with Gasteiger partial charge in [-0.2, -0.15) is 13.2 Å². The summed E-state index contributed by atoms with van der Waals surface area (Å²) in [5, 5.41) is 12.8. The number of esters is 3. The van der Waals surface area contributed by atoms with Crippen molar-refractivity contribution in [3.63, 3.8) is 0 Å². The Bertz CT molecular complexity index is 1720. The Morgan fingerprint density at radius 3 is 2.38 bits per heavy atom. The first kappa shape index (κ1) is 41.4. The molecule has 1 aromatic rings. The molecule has 2 aliphatic heterocycles. The van der Waals surface area contributed by atoms with Crippen LogP contribution in [0.1, 0.15) is 94.5 Å². The highest BCUT2D eigenvalue weighted by Gasteiger charge is 2.64. The summed E-state index contributed by atoms with van der Waals surface area (Å²) in [4.78, 5) is 67.3. The quantitative estimate of drug-likeness (QED) is 0.154. The van der Waals surface area contributed by atoms with Gasteiger partial charge in [0.15, 0.2) is 12.4 Å². The summed E-state index contributed by atoms with van der Waals surface area (Å²) in [6.45, 7) is 3.34. The van der Waals surface area contributed by atoms with Gasteiger partial charge in [0.1, 0.15) is 30.0 Å². The first-order chi connectivity index (χ1) is 26.5. The second-order valence-corrected chi connectivity index (χ2v) is 16.1. The van der Waals surface area contributed by atoms with Crippen LogP contribution in [0.2, 0.25) is 0 Å². The van der Waals surface area contributed by atoms with E-state index < -0.39 is 90.9 Å². The van der Waals surface area contributed by atoms with Crippen molar-refractivity contribution in [1.29, 1.82) is 0 Å². The molecule has 2 amide bonds. The summed E-state index contributed by atoms with van der Waals surface area (Å²) in [6.07, 6.45) is 1.12. The number of carbonyl (C=O) groups is 5. The largest absolute Gasteiger partial charge is 0.460 e.